The minimum Gasteiger partial charge on any atom is -0.354 e. The Morgan fingerprint density at radius 3 is 2.29 bits per heavy atom. The quantitative estimate of drug-likeness (QED) is 0.720. The molecule has 0 spiro atoms. The molecule has 3 aromatic rings. The minimum absolute atomic E-state index is 0.254. The van der Waals surface area contributed by atoms with E-state index >= 15 is 0 Å². The first-order chi connectivity index (χ1) is 13.5. The highest BCUT2D eigenvalue weighted by molar-refractivity contribution is 5.64. The molecule has 4 rings (SSSR count). The molecule has 28 heavy (non-hydrogen) atoms. The number of anilines is 3. The second-order valence-electron chi connectivity index (χ2n) is 6.94. The van der Waals surface area contributed by atoms with E-state index in [-0.39, 0.29) is 11.4 Å². The van der Waals surface area contributed by atoms with Gasteiger partial charge in [0.1, 0.15) is 23.3 Å². The van der Waals surface area contributed by atoms with Crippen LogP contribution in [0, 0.1) is 18.6 Å². The molecule has 1 aliphatic rings. The first-order valence-corrected chi connectivity index (χ1v) is 9.04. The molecule has 146 valence electrons. The van der Waals surface area contributed by atoms with Crippen molar-refractivity contribution in [2.45, 2.75) is 6.92 Å². The maximum atomic E-state index is 13.7. The lowest BCUT2D eigenvalue weighted by Crippen LogP contribution is -2.44. The Morgan fingerprint density at radius 1 is 0.929 bits per heavy atom. The van der Waals surface area contributed by atoms with E-state index in [0.717, 1.165) is 37.9 Å². The Hall–Kier alpha value is -3.07. The number of hydrogen-bond acceptors (Lipinski definition) is 6. The van der Waals surface area contributed by atoms with E-state index in [1.54, 1.807) is 0 Å². The molecule has 0 aliphatic carbocycles. The lowest BCUT2D eigenvalue weighted by atomic mass is 10.2. The first kappa shape index (κ1) is 18.3. The van der Waals surface area contributed by atoms with Crippen LogP contribution in [0.2, 0.25) is 0 Å². The molecule has 1 fully saturated rings. The van der Waals surface area contributed by atoms with Gasteiger partial charge in [0.2, 0.25) is 0 Å². The number of H-pyrrole nitrogens is 1. The largest absolute Gasteiger partial charge is 0.354 e. The lowest BCUT2D eigenvalue weighted by Gasteiger charge is -2.33. The van der Waals surface area contributed by atoms with Gasteiger partial charge in [-0.15, -0.1) is 0 Å². The van der Waals surface area contributed by atoms with E-state index < -0.39 is 11.6 Å². The van der Waals surface area contributed by atoms with Crippen LogP contribution in [0.3, 0.4) is 0 Å². The molecular formula is C19H21F2N7. The first-order valence-electron chi connectivity index (χ1n) is 9.04. The van der Waals surface area contributed by atoms with Crippen molar-refractivity contribution in [1.82, 2.24) is 25.1 Å². The number of aryl methyl sites for hydroxylation is 1. The van der Waals surface area contributed by atoms with Gasteiger partial charge in [0, 0.05) is 55.6 Å². The second kappa shape index (κ2) is 7.51. The molecule has 1 aromatic carbocycles. The fourth-order valence-electron chi connectivity index (χ4n) is 3.12. The summed E-state index contributed by atoms with van der Waals surface area (Å²) < 4.78 is 27.4. The lowest BCUT2D eigenvalue weighted by molar-refractivity contribution is 0.312. The van der Waals surface area contributed by atoms with E-state index in [1.807, 2.05) is 19.1 Å². The SMILES string of the molecule is Cc1cc(Nc2cc(N3CCN(C)CC3)nc(-c3cc(F)cc(F)c3)n2)n[nH]1. The molecule has 2 aromatic heterocycles. The van der Waals surface area contributed by atoms with Crippen LogP contribution < -0.4 is 10.2 Å². The Morgan fingerprint density at radius 2 is 1.64 bits per heavy atom. The Balaban J connectivity index is 1.73. The Bertz CT molecular complexity index is 960. The third-order valence-corrected chi connectivity index (χ3v) is 4.62. The number of aromatic nitrogens is 4. The van der Waals surface area contributed by atoms with Gasteiger partial charge < -0.3 is 15.1 Å². The van der Waals surface area contributed by atoms with Crippen LogP contribution in [0.15, 0.2) is 30.3 Å². The topological polar surface area (TPSA) is 73.0 Å². The molecule has 0 bridgehead atoms. The van der Waals surface area contributed by atoms with Crippen molar-refractivity contribution in [3.63, 3.8) is 0 Å². The van der Waals surface area contributed by atoms with Crippen molar-refractivity contribution in [2.24, 2.45) is 0 Å². The average molecular weight is 385 g/mol. The smallest absolute Gasteiger partial charge is 0.164 e. The zero-order chi connectivity index (χ0) is 19.7. The highest BCUT2D eigenvalue weighted by atomic mass is 19.1. The molecule has 0 radical (unpaired) electrons. The normalized spacial score (nSPS) is 15.1. The summed E-state index contributed by atoms with van der Waals surface area (Å²) in [7, 11) is 2.07. The molecule has 1 saturated heterocycles. The predicted octanol–water partition coefficient (Wildman–Crippen LogP) is 2.95. The van der Waals surface area contributed by atoms with E-state index in [9.17, 15) is 8.78 Å². The Labute approximate surface area is 161 Å². The van der Waals surface area contributed by atoms with Crippen molar-refractivity contribution in [3.05, 3.63) is 47.7 Å². The maximum Gasteiger partial charge on any atom is 0.164 e. The van der Waals surface area contributed by atoms with Gasteiger partial charge in [-0.2, -0.15) is 5.10 Å². The van der Waals surface area contributed by atoms with Crippen molar-refractivity contribution in [3.8, 4) is 11.4 Å². The predicted molar refractivity (Wildman–Crippen MR) is 104 cm³/mol. The van der Waals surface area contributed by atoms with Crippen molar-refractivity contribution in [2.75, 3.05) is 43.4 Å². The van der Waals surface area contributed by atoms with E-state index in [2.05, 4.69) is 42.3 Å². The van der Waals surface area contributed by atoms with E-state index in [4.69, 9.17) is 0 Å². The number of benzene rings is 1. The summed E-state index contributed by atoms with van der Waals surface area (Å²) in [6.45, 7) is 5.34. The van der Waals surface area contributed by atoms with Crippen molar-refractivity contribution in [1.29, 1.82) is 0 Å². The molecule has 7 nitrogen and oxygen atoms in total. The summed E-state index contributed by atoms with van der Waals surface area (Å²) in [6, 6.07) is 6.97. The summed E-state index contributed by atoms with van der Waals surface area (Å²) >= 11 is 0. The zero-order valence-corrected chi connectivity index (χ0v) is 15.7. The number of halogens is 2. The van der Waals surface area contributed by atoms with Gasteiger partial charge in [-0.25, -0.2) is 18.7 Å². The summed E-state index contributed by atoms with van der Waals surface area (Å²) in [5.74, 6) is 0.746. The van der Waals surface area contributed by atoms with E-state index in [0.29, 0.717) is 17.5 Å². The fraction of sp³-hybridized carbons (Fsp3) is 0.316. The molecule has 2 N–H and O–H groups in total. The highest BCUT2D eigenvalue weighted by Crippen LogP contribution is 2.26. The van der Waals surface area contributed by atoms with Crippen molar-refractivity contribution >= 4 is 17.5 Å². The van der Waals surface area contributed by atoms with Crippen LogP contribution in [-0.4, -0.2) is 58.3 Å². The summed E-state index contributed by atoms with van der Waals surface area (Å²) in [4.78, 5) is 13.4. The third kappa shape index (κ3) is 4.09. The summed E-state index contributed by atoms with van der Waals surface area (Å²) in [5.41, 5.74) is 1.19. The van der Waals surface area contributed by atoms with Gasteiger partial charge >= 0.3 is 0 Å². The Kier molecular flexibility index (Phi) is 4.91. The number of hydrogen-bond donors (Lipinski definition) is 2. The molecule has 0 amide bonds. The van der Waals surface area contributed by atoms with Crippen LogP contribution in [-0.2, 0) is 0 Å². The van der Waals surface area contributed by atoms with Gasteiger partial charge in [0.15, 0.2) is 11.6 Å². The second-order valence-corrected chi connectivity index (χ2v) is 6.94. The molecule has 0 unspecified atom stereocenters. The monoisotopic (exact) mass is 385 g/mol. The van der Waals surface area contributed by atoms with Crippen LogP contribution in [0.1, 0.15) is 5.69 Å². The van der Waals surface area contributed by atoms with Crippen LogP contribution in [0.5, 0.6) is 0 Å². The maximum absolute atomic E-state index is 13.7. The summed E-state index contributed by atoms with van der Waals surface area (Å²) in [5, 5.41) is 10.2. The summed E-state index contributed by atoms with van der Waals surface area (Å²) in [6.07, 6.45) is 0. The van der Waals surface area contributed by atoms with Crippen LogP contribution in [0.25, 0.3) is 11.4 Å². The number of nitrogens with zero attached hydrogens (tertiary/aromatic N) is 5. The van der Waals surface area contributed by atoms with Gasteiger partial charge in [-0.05, 0) is 26.1 Å². The molecule has 3 heterocycles. The van der Waals surface area contributed by atoms with Gasteiger partial charge in [-0.3, -0.25) is 5.10 Å². The number of nitrogens with one attached hydrogen (secondary N) is 2. The molecule has 0 atom stereocenters. The van der Waals surface area contributed by atoms with Crippen LogP contribution in [0.4, 0.5) is 26.2 Å². The average Bonchev–Trinajstić information content (AvgIpc) is 3.06. The number of piperazine rings is 1. The third-order valence-electron chi connectivity index (χ3n) is 4.62. The van der Waals surface area contributed by atoms with Gasteiger partial charge in [-0.1, -0.05) is 0 Å². The number of likely N-dealkylation sites (N-methyl/N-ethyl adjacent to an activating group) is 1. The van der Waals surface area contributed by atoms with Crippen molar-refractivity contribution < 1.29 is 8.78 Å². The molecule has 1 aliphatic heterocycles. The highest BCUT2D eigenvalue weighted by Gasteiger charge is 2.18. The van der Waals surface area contributed by atoms with Gasteiger partial charge in [0.05, 0.1) is 0 Å². The molecule has 9 heteroatoms. The molecule has 0 saturated carbocycles. The number of aromatic amines is 1. The fourth-order valence-corrected chi connectivity index (χ4v) is 3.12. The number of rotatable bonds is 4. The minimum atomic E-state index is -0.666. The van der Waals surface area contributed by atoms with E-state index in [1.165, 1.54) is 12.1 Å². The standard InChI is InChI=1S/C19H21F2N7/c1-12-7-17(26-25-12)22-16-11-18(28-5-3-27(2)4-6-28)24-19(23-16)13-8-14(20)10-15(21)9-13/h7-11H,3-6H2,1-2H3,(H2,22,23,24,25,26). The zero-order valence-electron chi connectivity index (χ0n) is 15.7. The molecular weight excluding hydrogens is 364 g/mol. The van der Waals surface area contributed by atoms with Crippen LogP contribution >= 0.6 is 0 Å². The van der Waals surface area contributed by atoms with Gasteiger partial charge in [0.25, 0.3) is 0 Å².